The summed E-state index contributed by atoms with van der Waals surface area (Å²) in [7, 11) is 0. The van der Waals surface area contributed by atoms with Crippen LogP contribution >= 0.6 is 24.8 Å². The Labute approximate surface area is 167 Å². The van der Waals surface area contributed by atoms with Crippen LogP contribution in [0.5, 0.6) is 0 Å². The summed E-state index contributed by atoms with van der Waals surface area (Å²) in [6, 6.07) is 5.80. The zero-order chi connectivity index (χ0) is 17.3. The molecule has 0 aliphatic carbocycles. The van der Waals surface area contributed by atoms with E-state index in [1.165, 1.54) is 0 Å². The van der Waals surface area contributed by atoms with E-state index in [0.717, 1.165) is 17.9 Å². The van der Waals surface area contributed by atoms with Crippen LogP contribution in [0.4, 0.5) is 0 Å². The number of halogens is 2. The summed E-state index contributed by atoms with van der Waals surface area (Å²) in [6.45, 7) is 7.64. The van der Waals surface area contributed by atoms with E-state index in [1.54, 1.807) is 17.1 Å². The fourth-order valence-electron chi connectivity index (χ4n) is 3.29. The molecule has 1 fully saturated rings. The van der Waals surface area contributed by atoms with Crippen molar-refractivity contribution >= 4 is 30.7 Å². The Bertz CT molecular complexity index is 732. The number of nitrogens with two attached hydrogens (primary N) is 1. The standard InChI is InChI=1S/C18H25N5O.2ClH/c1-4-14-13(11-21-23(14)16-7-5-6-9-20-16)17(24)22-10-8-15(19)18(2,3)12-22;;/h5-7,9,11,15H,4,8,10,12,19H2,1-3H3;2*1H. The van der Waals surface area contributed by atoms with E-state index in [4.69, 9.17) is 5.73 Å². The van der Waals surface area contributed by atoms with Gasteiger partial charge in [-0.25, -0.2) is 9.67 Å². The number of piperidine rings is 1. The smallest absolute Gasteiger partial charge is 0.257 e. The Morgan fingerprint density at radius 3 is 2.65 bits per heavy atom. The molecule has 3 rings (SSSR count). The van der Waals surface area contributed by atoms with Crippen LogP contribution in [0.1, 0.15) is 43.2 Å². The number of hydrogen-bond donors (Lipinski definition) is 1. The molecule has 0 aromatic carbocycles. The van der Waals surface area contributed by atoms with E-state index >= 15 is 0 Å². The minimum atomic E-state index is -0.0722. The van der Waals surface area contributed by atoms with E-state index in [1.807, 2.05) is 30.0 Å². The second-order valence-electron chi connectivity index (χ2n) is 7.07. The third-order valence-electron chi connectivity index (χ3n) is 4.90. The Morgan fingerprint density at radius 2 is 2.08 bits per heavy atom. The van der Waals surface area contributed by atoms with Gasteiger partial charge in [0, 0.05) is 25.3 Å². The van der Waals surface area contributed by atoms with Gasteiger partial charge in [-0.3, -0.25) is 4.79 Å². The minimum Gasteiger partial charge on any atom is -0.338 e. The molecule has 2 aromatic heterocycles. The van der Waals surface area contributed by atoms with Gasteiger partial charge < -0.3 is 10.6 Å². The van der Waals surface area contributed by atoms with Crippen LogP contribution in [0, 0.1) is 5.41 Å². The van der Waals surface area contributed by atoms with Crippen molar-refractivity contribution in [3.05, 3.63) is 41.9 Å². The van der Waals surface area contributed by atoms with Gasteiger partial charge in [0.15, 0.2) is 5.82 Å². The summed E-state index contributed by atoms with van der Waals surface area (Å²) < 4.78 is 1.76. The molecule has 1 saturated heterocycles. The molecule has 0 spiro atoms. The van der Waals surface area contributed by atoms with Crippen LogP contribution in [0.2, 0.25) is 0 Å². The molecule has 0 bridgehead atoms. The maximum absolute atomic E-state index is 13.0. The summed E-state index contributed by atoms with van der Waals surface area (Å²) in [4.78, 5) is 19.3. The number of carbonyl (C=O) groups excluding carboxylic acids is 1. The van der Waals surface area contributed by atoms with Crippen molar-refractivity contribution in [3.63, 3.8) is 0 Å². The zero-order valence-corrected chi connectivity index (χ0v) is 17.0. The van der Waals surface area contributed by atoms with Crippen LogP contribution in [0.3, 0.4) is 0 Å². The second-order valence-corrected chi connectivity index (χ2v) is 7.07. The first-order valence-corrected chi connectivity index (χ1v) is 8.47. The fourth-order valence-corrected chi connectivity index (χ4v) is 3.29. The third-order valence-corrected chi connectivity index (χ3v) is 4.90. The molecular formula is C18H27Cl2N5O. The summed E-state index contributed by atoms with van der Waals surface area (Å²) >= 11 is 0. The van der Waals surface area contributed by atoms with E-state index in [2.05, 4.69) is 23.9 Å². The molecule has 1 atom stereocenters. The van der Waals surface area contributed by atoms with Gasteiger partial charge >= 0.3 is 0 Å². The summed E-state index contributed by atoms with van der Waals surface area (Å²) in [5, 5.41) is 4.41. The van der Waals surface area contributed by atoms with Crippen LogP contribution in [-0.2, 0) is 6.42 Å². The lowest BCUT2D eigenvalue weighted by Crippen LogP contribution is -2.54. The van der Waals surface area contributed by atoms with Crippen molar-refractivity contribution in [2.75, 3.05) is 13.1 Å². The van der Waals surface area contributed by atoms with Gasteiger partial charge in [-0.15, -0.1) is 24.8 Å². The number of carbonyl (C=O) groups is 1. The van der Waals surface area contributed by atoms with Gasteiger partial charge in [0.05, 0.1) is 17.5 Å². The molecule has 1 aliphatic heterocycles. The summed E-state index contributed by atoms with van der Waals surface area (Å²) in [6.07, 6.45) is 4.94. The maximum Gasteiger partial charge on any atom is 0.257 e. The van der Waals surface area contributed by atoms with Crippen molar-refractivity contribution in [2.45, 2.75) is 39.7 Å². The molecule has 3 heterocycles. The van der Waals surface area contributed by atoms with E-state index < -0.39 is 0 Å². The lowest BCUT2D eigenvalue weighted by Gasteiger charge is -2.42. The molecule has 8 heteroatoms. The van der Waals surface area contributed by atoms with Gasteiger partial charge in [0.25, 0.3) is 5.91 Å². The Kier molecular flexibility index (Phi) is 7.62. The molecule has 144 valence electrons. The predicted octanol–water partition coefficient (Wildman–Crippen LogP) is 2.87. The van der Waals surface area contributed by atoms with Gasteiger partial charge in [-0.2, -0.15) is 5.10 Å². The Balaban J connectivity index is 0.00000169. The number of hydrogen-bond acceptors (Lipinski definition) is 4. The van der Waals surface area contributed by atoms with Crippen molar-refractivity contribution < 1.29 is 4.79 Å². The number of aromatic nitrogens is 3. The summed E-state index contributed by atoms with van der Waals surface area (Å²) in [5.41, 5.74) is 7.67. The number of likely N-dealkylation sites (tertiary alicyclic amines) is 1. The highest BCUT2D eigenvalue weighted by atomic mass is 35.5. The average Bonchev–Trinajstić information content (AvgIpc) is 3.01. The number of nitrogens with zero attached hydrogens (tertiary/aromatic N) is 4. The largest absolute Gasteiger partial charge is 0.338 e. The monoisotopic (exact) mass is 399 g/mol. The van der Waals surface area contributed by atoms with Crippen LogP contribution in [-0.4, -0.2) is 44.7 Å². The van der Waals surface area contributed by atoms with E-state index in [9.17, 15) is 4.79 Å². The van der Waals surface area contributed by atoms with Crippen molar-refractivity contribution in [2.24, 2.45) is 11.1 Å². The SMILES string of the molecule is CCc1c(C(=O)N2CCC(N)C(C)(C)C2)cnn1-c1ccccn1.Cl.Cl. The van der Waals surface area contributed by atoms with E-state index in [-0.39, 0.29) is 42.2 Å². The van der Waals surface area contributed by atoms with Crippen LogP contribution in [0.25, 0.3) is 5.82 Å². The predicted molar refractivity (Wildman–Crippen MR) is 108 cm³/mol. The first kappa shape index (κ1) is 22.4. The fraction of sp³-hybridized carbons (Fsp3) is 0.500. The molecule has 0 saturated carbocycles. The highest BCUT2D eigenvalue weighted by molar-refractivity contribution is 5.95. The Hall–Kier alpha value is -1.63. The molecule has 1 unspecified atom stereocenters. The second kappa shape index (κ2) is 8.84. The van der Waals surface area contributed by atoms with Gasteiger partial charge in [0.1, 0.15) is 0 Å². The van der Waals surface area contributed by atoms with Crippen molar-refractivity contribution in [1.29, 1.82) is 0 Å². The molecule has 1 amide bonds. The average molecular weight is 400 g/mol. The molecule has 0 radical (unpaired) electrons. The molecule has 6 nitrogen and oxygen atoms in total. The van der Waals surface area contributed by atoms with Gasteiger partial charge in [-0.05, 0) is 30.4 Å². The van der Waals surface area contributed by atoms with E-state index in [0.29, 0.717) is 25.1 Å². The molecule has 2 aromatic rings. The minimum absolute atomic E-state index is 0. The van der Waals surface area contributed by atoms with Crippen LogP contribution in [0.15, 0.2) is 30.6 Å². The summed E-state index contributed by atoms with van der Waals surface area (Å²) in [5.74, 6) is 0.767. The quantitative estimate of drug-likeness (QED) is 0.860. The van der Waals surface area contributed by atoms with Crippen LogP contribution < -0.4 is 5.73 Å². The third kappa shape index (κ3) is 4.19. The number of amides is 1. The topological polar surface area (TPSA) is 77.0 Å². The van der Waals surface area contributed by atoms with Gasteiger partial charge in [-0.1, -0.05) is 26.8 Å². The van der Waals surface area contributed by atoms with Gasteiger partial charge in [0.2, 0.25) is 0 Å². The highest BCUT2D eigenvalue weighted by Gasteiger charge is 2.36. The zero-order valence-electron chi connectivity index (χ0n) is 15.4. The Morgan fingerprint density at radius 1 is 1.35 bits per heavy atom. The molecule has 2 N–H and O–H groups in total. The lowest BCUT2D eigenvalue weighted by atomic mass is 9.79. The molecule has 1 aliphatic rings. The first-order chi connectivity index (χ1) is 11.4. The van der Waals surface area contributed by atoms with Crippen molar-refractivity contribution in [1.82, 2.24) is 19.7 Å². The number of rotatable bonds is 3. The maximum atomic E-state index is 13.0. The molecule has 26 heavy (non-hydrogen) atoms. The molecular weight excluding hydrogens is 373 g/mol. The highest BCUT2D eigenvalue weighted by Crippen LogP contribution is 2.29. The number of pyridine rings is 1. The first-order valence-electron chi connectivity index (χ1n) is 8.47. The normalized spacial score (nSPS) is 18.6. The van der Waals surface area contributed by atoms with Crippen molar-refractivity contribution in [3.8, 4) is 5.82 Å². The lowest BCUT2D eigenvalue weighted by molar-refractivity contribution is 0.0532.